The molecule has 0 amide bonds. The first-order chi connectivity index (χ1) is 15.2. The fourth-order valence-electron chi connectivity index (χ4n) is 2.88. The summed E-state index contributed by atoms with van der Waals surface area (Å²) >= 11 is 7.84. The van der Waals surface area contributed by atoms with E-state index in [0.29, 0.717) is 12.2 Å². The molecule has 3 aromatic rings. The summed E-state index contributed by atoms with van der Waals surface area (Å²) in [5.74, 6) is 0.734. The summed E-state index contributed by atoms with van der Waals surface area (Å²) < 4.78 is 21.4. The third-order valence-corrected chi connectivity index (χ3v) is 6.30. The minimum absolute atomic E-state index is 0.248. The van der Waals surface area contributed by atoms with Gasteiger partial charge in [-0.3, -0.25) is 4.52 Å². The van der Waals surface area contributed by atoms with Gasteiger partial charge in [0.25, 0.3) is 0 Å². The number of benzene rings is 3. The Bertz CT molecular complexity index is 1100. The van der Waals surface area contributed by atoms with E-state index in [1.54, 1.807) is 18.2 Å². The molecule has 0 heterocycles. The molecular weight excluding hydrogens is 473 g/mol. The van der Waals surface area contributed by atoms with Crippen LogP contribution in [0.15, 0.2) is 82.6 Å². The van der Waals surface area contributed by atoms with Gasteiger partial charge in [0.1, 0.15) is 12.4 Å². The van der Waals surface area contributed by atoms with Gasteiger partial charge in [0.15, 0.2) is 0 Å². The molecule has 32 heavy (non-hydrogen) atoms. The molecule has 0 aliphatic heterocycles. The molecule has 3 aromatic carbocycles. The first kappa shape index (κ1) is 24.8. The van der Waals surface area contributed by atoms with Crippen LogP contribution in [-0.2, 0) is 21.2 Å². The second kappa shape index (κ2) is 10.8. The number of phosphoric acid groups is 1. The van der Waals surface area contributed by atoms with E-state index in [9.17, 15) is 9.67 Å². The Morgan fingerprint density at radius 3 is 2.38 bits per heavy atom. The monoisotopic (exact) mass is 495 g/mol. The number of nitrogens with two attached hydrogens (primary N) is 1. The highest BCUT2D eigenvalue weighted by molar-refractivity contribution is 7.99. The van der Waals surface area contributed by atoms with Crippen LogP contribution in [0.3, 0.4) is 0 Å². The molecular formula is C22H23ClNO6PS. The zero-order chi connectivity index (χ0) is 23.2. The maximum atomic E-state index is 11.0. The van der Waals surface area contributed by atoms with Crippen molar-refractivity contribution in [3.8, 4) is 5.75 Å². The van der Waals surface area contributed by atoms with Crippen molar-refractivity contribution in [2.75, 3.05) is 13.2 Å². The molecule has 0 saturated carbocycles. The molecule has 0 aromatic heterocycles. The third kappa shape index (κ3) is 7.07. The van der Waals surface area contributed by atoms with Crippen LogP contribution in [0, 0.1) is 0 Å². The maximum Gasteiger partial charge on any atom is 0.469 e. The number of aliphatic hydroxyl groups is 1. The van der Waals surface area contributed by atoms with Crippen LogP contribution in [0.25, 0.3) is 0 Å². The van der Waals surface area contributed by atoms with Crippen LogP contribution >= 0.6 is 31.2 Å². The predicted molar refractivity (Wildman–Crippen MR) is 124 cm³/mol. The Morgan fingerprint density at radius 1 is 1.00 bits per heavy atom. The van der Waals surface area contributed by atoms with Crippen molar-refractivity contribution < 1.29 is 28.7 Å². The van der Waals surface area contributed by atoms with E-state index >= 15 is 0 Å². The SMILES string of the molecule is NC(CO)(COP(=O)(O)O)c1ccc(Sc2cccc(OCc3ccccc3)c2)cc1Cl. The topological polar surface area (TPSA) is 122 Å². The second-order valence-corrected chi connectivity index (χ2v) is 9.86. The molecule has 0 radical (unpaired) electrons. The molecule has 0 spiro atoms. The normalized spacial score (nSPS) is 13.5. The van der Waals surface area contributed by atoms with Gasteiger partial charge in [0.2, 0.25) is 0 Å². The van der Waals surface area contributed by atoms with Crippen LogP contribution < -0.4 is 10.5 Å². The van der Waals surface area contributed by atoms with Gasteiger partial charge in [0.05, 0.1) is 18.8 Å². The summed E-state index contributed by atoms with van der Waals surface area (Å²) in [6, 6.07) is 22.6. The zero-order valence-corrected chi connectivity index (χ0v) is 19.4. The van der Waals surface area contributed by atoms with E-state index < -0.39 is 26.6 Å². The fourth-order valence-corrected chi connectivity index (χ4v) is 4.61. The Hall–Kier alpha value is -1.87. The van der Waals surface area contributed by atoms with Crippen molar-refractivity contribution in [1.82, 2.24) is 0 Å². The smallest absolute Gasteiger partial charge is 0.469 e. The van der Waals surface area contributed by atoms with E-state index in [4.69, 9.17) is 31.9 Å². The molecule has 10 heteroatoms. The van der Waals surface area contributed by atoms with Gasteiger partial charge in [-0.15, -0.1) is 0 Å². The molecule has 0 bridgehead atoms. The minimum atomic E-state index is -4.75. The maximum absolute atomic E-state index is 11.0. The first-order valence-corrected chi connectivity index (χ1v) is 12.3. The summed E-state index contributed by atoms with van der Waals surface area (Å²) in [5.41, 5.74) is 5.93. The molecule has 1 atom stereocenters. The average molecular weight is 496 g/mol. The van der Waals surface area contributed by atoms with Gasteiger partial charge in [-0.05, 0) is 41.5 Å². The van der Waals surface area contributed by atoms with Crippen LogP contribution in [0.5, 0.6) is 5.75 Å². The predicted octanol–water partition coefficient (Wildman–Crippen LogP) is 4.33. The summed E-state index contributed by atoms with van der Waals surface area (Å²) in [4.78, 5) is 19.6. The lowest BCUT2D eigenvalue weighted by atomic mass is 9.93. The van der Waals surface area contributed by atoms with Crippen molar-refractivity contribution in [1.29, 1.82) is 0 Å². The van der Waals surface area contributed by atoms with Gasteiger partial charge < -0.3 is 25.4 Å². The van der Waals surface area contributed by atoms with Crippen molar-refractivity contribution in [3.63, 3.8) is 0 Å². The van der Waals surface area contributed by atoms with Gasteiger partial charge in [-0.1, -0.05) is 65.8 Å². The highest BCUT2D eigenvalue weighted by atomic mass is 35.5. The number of hydrogen-bond donors (Lipinski definition) is 4. The summed E-state index contributed by atoms with van der Waals surface area (Å²) in [6.45, 7) is -0.743. The van der Waals surface area contributed by atoms with Crippen LogP contribution in [-0.4, -0.2) is 28.1 Å². The third-order valence-electron chi connectivity index (χ3n) is 4.54. The summed E-state index contributed by atoms with van der Waals surface area (Å²) in [5, 5.41) is 9.94. The van der Waals surface area contributed by atoms with E-state index in [-0.39, 0.29) is 5.02 Å². The van der Waals surface area contributed by atoms with E-state index in [0.717, 1.165) is 21.1 Å². The zero-order valence-electron chi connectivity index (χ0n) is 16.9. The molecule has 3 rings (SSSR count). The molecule has 170 valence electrons. The molecule has 5 N–H and O–H groups in total. The highest BCUT2D eigenvalue weighted by Crippen LogP contribution is 2.40. The molecule has 1 unspecified atom stereocenters. The fraction of sp³-hybridized carbons (Fsp3) is 0.182. The van der Waals surface area contributed by atoms with Crippen molar-refractivity contribution in [2.24, 2.45) is 5.73 Å². The highest BCUT2D eigenvalue weighted by Gasteiger charge is 2.32. The van der Waals surface area contributed by atoms with Crippen molar-refractivity contribution in [3.05, 3.63) is 88.9 Å². The Kier molecular flexibility index (Phi) is 8.38. The van der Waals surface area contributed by atoms with Crippen LogP contribution in [0.1, 0.15) is 11.1 Å². The Morgan fingerprint density at radius 2 is 1.72 bits per heavy atom. The van der Waals surface area contributed by atoms with E-state index in [1.165, 1.54) is 11.8 Å². The van der Waals surface area contributed by atoms with Gasteiger partial charge in [0, 0.05) is 14.8 Å². The van der Waals surface area contributed by atoms with Crippen molar-refractivity contribution in [2.45, 2.75) is 21.9 Å². The minimum Gasteiger partial charge on any atom is -0.489 e. The van der Waals surface area contributed by atoms with Gasteiger partial charge in [-0.25, -0.2) is 4.57 Å². The summed E-state index contributed by atoms with van der Waals surface area (Å²) in [6.07, 6.45) is 0. The van der Waals surface area contributed by atoms with E-state index in [2.05, 4.69) is 4.52 Å². The van der Waals surface area contributed by atoms with E-state index in [1.807, 2.05) is 54.6 Å². The van der Waals surface area contributed by atoms with Crippen LogP contribution in [0.2, 0.25) is 5.02 Å². The lowest BCUT2D eigenvalue weighted by Crippen LogP contribution is -2.45. The number of halogens is 1. The quantitative estimate of drug-likeness (QED) is 0.307. The van der Waals surface area contributed by atoms with Gasteiger partial charge in [-0.2, -0.15) is 0 Å². The number of rotatable bonds is 10. The van der Waals surface area contributed by atoms with Gasteiger partial charge >= 0.3 is 7.82 Å². The largest absolute Gasteiger partial charge is 0.489 e. The number of aliphatic hydroxyl groups excluding tert-OH is 1. The summed E-state index contributed by atoms with van der Waals surface area (Å²) in [7, 11) is -4.75. The standard InChI is InChI=1S/C22H23ClNO6PS/c23-21-12-19(9-10-20(21)22(24,14-25)15-30-31(26,27)28)32-18-8-4-7-17(11-18)29-13-16-5-2-1-3-6-16/h1-12,25H,13-15,24H2,(H2,26,27,28). The van der Waals surface area contributed by atoms with Crippen molar-refractivity contribution >= 4 is 31.2 Å². The molecule has 7 nitrogen and oxygen atoms in total. The average Bonchev–Trinajstić information content (AvgIpc) is 2.77. The molecule has 0 saturated heterocycles. The first-order valence-electron chi connectivity index (χ1n) is 9.53. The lowest BCUT2D eigenvalue weighted by molar-refractivity contribution is 0.106. The molecule has 0 fully saturated rings. The van der Waals surface area contributed by atoms with Crippen LogP contribution in [0.4, 0.5) is 0 Å². The lowest BCUT2D eigenvalue weighted by Gasteiger charge is -2.28. The molecule has 0 aliphatic carbocycles. The molecule has 0 aliphatic rings. The number of hydrogen-bond acceptors (Lipinski definition) is 6. The Labute approximate surface area is 195 Å². The number of ether oxygens (including phenoxy) is 1. The number of phosphoric ester groups is 1. The second-order valence-electron chi connectivity index (χ2n) is 7.07. The Balaban J connectivity index is 1.70.